The Labute approximate surface area is 143 Å². The van der Waals surface area contributed by atoms with Gasteiger partial charge < -0.3 is 5.73 Å². The quantitative estimate of drug-likeness (QED) is 0.781. The van der Waals surface area contributed by atoms with Crippen molar-refractivity contribution >= 4 is 18.4 Å². The summed E-state index contributed by atoms with van der Waals surface area (Å²) >= 11 is 0. The van der Waals surface area contributed by atoms with E-state index in [1.165, 1.54) is 16.7 Å². The summed E-state index contributed by atoms with van der Waals surface area (Å²) in [6.45, 7) is 6.19. The normalized spacial score (nSPS) is 12.4. The molecule has 0 unspecified atom stereocenters. The molecular formula is C23H21N. The molecule has 0 saturated carbocycles. The van der Waals surface area contributed by atoms with E-state index in [0.717, 1.165) is 21.7 Å². The highest BCUT2D eigenvalue weighted by Gasteiger charge is 1.97. The van der Waals surface area contributed by atoms with E-state index in [9.17, 15) is 0 Å². The molecule has 0 bridgehead atoms. The Bertz CT molecular complexity index is 982. The van der Waals surface area contributed by atoms with Gasteiger partial charge in [-0.3, -0.25) is 0 Å². The summed E-state index contributed by atoms with van der Waals surface area (Å²) in [6.07, 6.45) is 3.99. The smallest absolute Gasteiger partial charge is 0.0387 e. The lowest BCUT2D eigenvalue weighted by Gasteiger charge is -2.03. The minimum absolute atomic E-state index is 0.753. The second-order valence-corrected chi connectivity index (χ2v) is 5.94. The van der Waals surface area contributed by atoms with E-state index in [1.807, 2.05) is 48.6 Å². The van der Waals surface area contributed by atoms with Crippen LogP contribution >= 0.6 is 0 Å². The summed E-state index contributed by atoms with van der Waals surface area (Å²) in [6, 6.07) is 24.8. The molecule has 0 aliphatic carbocycles. The van der Waals surface area contributed by atoms with Gasteiger partial charge in [0.2, 0.25) is 0 Å². The largest absolute Gasteiger partial charge is 0.398 e. The fraction of sp³-hybridized carbons (Fsp3) is 0.0435. The molecule has 0 saturated heterocycles. The molecule has 1 heteroatoms. The molecule has 24 heavy (non-hydrogen) atoms. The van der Waals surface area contributed by atoms with Crippen molar-refractivity contribution in [2.24, 2.45) is 5.73 Å². The number of hydrogen-bond acceptors (Lipinski definition) is 1. The molecule has 1 nitrogen and oxygen atoms in total. The minimum atomic E-state index is 0.753. The first-order valence-corrected chi connectivity index (χ1v) is 8.02. The second kappa shape index (κ2) is 7.01. The first-order valence-electron chi connectivity index (χ1n) is 8.02. The Morgan fingerprint density at radius 2 is 1.67 bits per heavy atom. The fourth-order valence-corrected chi connectivity index (χ4v) is 2.66. The van der Waals surface area contributed by atoms with Crippen molar-refractivity contribution in [2.45, 2.75) is 6.92 Å². The van der Waals surface area contributed by atoms with E-state index in [1.54, 1.807) is 0 Å². The standard InChI is InChI=1S/C23H21N/c1-17-7-6-10-22(15-17)23(24)14-13-20-16-21(12-11-18(20)2)19-8-4-3-5-9-19/h3-16H,2,24H2,1H3/b20-13-,23-14-. The molecule has 0 heterocycles. The van der Waals surface area contributed by atoms with Crippen LogP contribution in [-0.2, 0) is 0 Å². The predicted octanol–water partition coefficient (Wildman–Crippen LogP) is 3.85. The molecule has 118 valence electrons. The van der Waals surface area contributed by atoms with Crippen molar-refractivity contribution in [3.63, 3.8) is 0 Å². The lowest BCUT2D eigenvalue weighted by Crippen LogP contribution is -2.22. The van der Waals surface area contributed by atoms with Gasteiger partial charge in [0.05, 0.1) is 0 Å². The molecule has 0 aliphatic heterocycles. The van der Waals surface area contributed by atoms with Crippen molar-refractivity contribution in [1.82, 2.24) is 0 Å². The third-order valence-electron chi connectivity index (χ3n) is 4.05. The van der Waals surface area contributed by atoms with Gasteiger partial charge in [-0.1, -0.05) is 78.9 Å². The molecule has 3 aromatic carbocycles. The SMILES string of the molecule is C=c1ccc(-c2ccccc2)c/c1=C/C=C(\N)c1cccc(C)c1. The molecule has 0 amide bonds. The van der Waals surface area contributed by atoms with Crippen molar-refractivity contribution in [1.29, 1.82) is 0 Å². The Morgan fingerprint density at radius 1 is 0.875 bits per heavy atom. The molecule has 3 rings (SSSR count). The van der Waals surface area contributed by atoms with Crippen molar-refractivity contribution in [2.75, 3.05) is 0 Å². The zero-order valence-electron chi connectivity index (χ0n) is 13.9. The molecule has 0 fully saturated rings. The monoisotopic (exact) mass is 311 g/mol. The summed E-state index contributed by atoms with van der Waals surface area (Å²) in [5, 5.41) is 2.06. The molecule has 0 atom stereocenters. The lowest BCUT2D eigenvalue weighted by atomic mass is 10.0. The van der Waals surface area contributed by atoms with Crippen LogP contribution in [0.15, 0.2) is 78.9 Å². The zero-order valence-corrected chi connectivity index (χ0v) is 13.9. The summed E-state index contributed by atoms with van der Waals surface area (Å²) in [5.41, 5.74) is 11.6. The fourth-order valence-electron chi connectivity index (χ4n) is 2.66. The lowest BCUT2D eigenvalue weighted by molar-refractivity contribution is 1.42. The van der Waals surface area contributed by atoms with E-state index in [2.05, 4.69) is 49.9 Å². The Morgan fingerprint density at radius 3 is 2.42 bits per heavy atom. The third-order valence-corrected chi connectivity index (χ3v) is 4.05. The van der Waals surface area contributed by atoms with E-state index in [-0.39, 0.29) is 0 Å². The molecule has 0 aliphatic rings. The van der Waals surface area contributed by atoms with Crippen LogP contribution in [0.4, 0.5) is 0 Å². The van der Waals surface area contributed by atoms with E-state index in [0.29, 0.717) is 0 Å². The van der Waals surface area contributed by atoms with Crippen LogP contribution in [0.2, 0.25) is 0 Å². The third kappa shape index (κ3) is 3.64. The maximum absolute atomic E-state index is 6.22. The molecule has 0 spiro atoms. The Kier molecular flexibility index (Phi) is 4.62. The van der Waals surface area contributed by atoms with Gasteiger partial charge in [-0.25, -0.2) is 0 Å². The van der Waals surface area contributed by atoms with E-state index in [4.69, 9.17) is 5.73 Å². The van der Waals surface area contributed by atoms with Gasteiger partial charge in [-0.05, 0) is 52.3 Å². The van der Waals surface area contributed by atoms with E-state index >= 15 is 0 Å². The first kappa shape index (κ1) is 15.8. The van der Waals surface area contributed by atoms with Gasteiger partial charge in [-0.2, -0.15) is 0 Å². The maximum Gasteiger partial charge on any atom is 0.0387 e. The number of aryl methyl sites for hydroxylation is 1. The van der Waals surface area contributed by atoms with Gasteiger partial charge in [0.15, 0.2) is 0 Å². The summed E-state index contributed by atoms with van der Waals surface area (Å²) in [4.78, 5) is 0. The summed E-state index contributed by atoms with van der Waals surface area (Å²) < 4.78 is 0. The van der Waals surface area contributed by atoms with Crippen LogP contribution in [0.3, 0.4) is 0 Å². The van der Waals surface area contributed by atoms with Crippen LogP contribution in [0.1, 0.15) is 11.1 Å². The highest BCUT2D eigenvalue weighted by Crippen LogP contribution is 2.15. The van der Waals surface area contributed by atoms with Crippen LogP contribution in [0.5, 0.6) is 0 Å². The minimum Gasteiger partial charge on any atom is -0.398 e. The Hall–Kier alpha value is -3.06. The average Bonchev–Trinajstić information content (AvgIpc) is 2.61. The second-order valence-electron chi connectivity index (χ2n) is 5.94. The summed E-state index contributed by atoms with van der Waals surface area (Å²) in [7, 11) is 0. The molecule has 3 aromatic rings. The number of hydrogen-bond donors (Lipinski definition) is 1. The predicted molar refractivity (Wildman–Crippen MR) is 104 cm³/mol. The van der Waals surface area contributed by atoms with E-state index < -0.39 is 0 Å². The highest BCUT2D eigenvalue weighted by molar-refractivity contribution is 5.70. The van der Waals surface area contributed by atoms with Crippen molar-refractivity contribution in [3.8, 4) is 11.1 Å². The molecule has 2 N–H and O–H groups in total. The van der Waals surface area contributed by atoms with Crippen LogP contribution in [0, 0.1) is 6.92 Å². The zero-order chi connectivity index (χ0) is 16.9. The van der Waals surface area contributed by atoms with Gasteiger partial charge >= 0.3 is 0 Å². The molecular weight excluding hydrogens is 290 g/mol. The number of benzene rings is 3. The van der Waals surface area contributed by atoms with Gasteiger partial charge in [0.25, 0.3) is 0 Å². The van der Waals surface area contributed by atoms with Crippen molar-refractivity contribution in [3.05, 3.63) is 100 Å². The van der Waals surface area contributed by atoms with Crippen LogP contribution < -0.4 is 16.2 Å². The van der Waals surface area contributed by atoms with Crippen LogP contribution in [-0.4, -0.2) is 0 Å². The highest BCUT2D eigenvalue weighted by atomic mass is 14.6. The van der Waals surface area contributed by atoms with Gasteiger partial charge in [0, 0.05) is 5.70 Å². The molecule has 0 aromatic heterocycles. The van der Waals surface area contributed by atoms with Crippen LogP contribution in [0.25, 0.3) is 29.5 Å². The molecule has 0 radical (unpaired) electrons. The number of rotatable bonds is 3. The van der Waals surface area contributed by atoms with Gasteiger partial charge in [-0.15, -0.1) is 0 Å². The topological polar surface area (TPSA) is 26.0 Å². The maximum atomic E-state index is 6.22. The average molecular weight is 311 g/mol. The first-order chi connectivity index (χ1) is 11.6. The Balaban J connectivity index is 2.01. The van der Waals surface area contributed by atoms with Gasteiger partial charge in [0.1, 0.15) is 0 Å². The summed E-state index contributed by atoms with van der Waals surface area (Å²) in [5.74, 6) is 0. The number of allylic oxidation sites excluding steroid dienone is 1. The number of nitrogens with two attached hydrogens (primary N) is 1. The van der Waals surface area contributed by atoms with Crippen molar-refractivity contribution < 1.29 is 0 Å².